The lowest BCUT2D eigenvalue weighted by Gasteiger charge is -2.20. The molecule has 0 saturated heterocycles. The molecule has 0 aliphatic rings. The molecular formula is C16H24N4O4. The number of rotatable bonds is 12. The van der Waals surface area contributed by atoms with E-state index >= 15 is 0 Å². The maximum absolute atomic E-state index is 9.87. The SMILES string of the molecule is CC(C)(CCCN=C=O)CN=C=O.O=C=NCCCCCN=C=O. The van der Waals surface area contributed by atoms with Gasteiger partial charge in [-0.05, 0) is 37.5 Å². The van der Waals surface area contributed by atoms with E-state index in [1.54, 1.807) is 0 Å². The van der Waals surface area contributed by atoms with Crippen LogP contribution >= 0.6 is 0 Å². The normalized spacial score (nSPS) is 9.08. The van der Waals surface area contributed by atoms with Gasteiger partial charge in [-0.3, -0.25) is 0 Å². The van der Waals surface area contributed by atoms with Crippen molar-refractivity contribution in [1.82, 2.24) is 0 Å². The summed E-state index contributed by atoms with van der Waals surface area (Å²) < 4.78 is 0. The number of nitrogens with zero attached hydrogens (tertiary/aromatic N) is 4. The third kappa shape index (κ3) is 21.8. The summed E-state index contributed by atoms with van der Waals surface area (Å²) in [7, 11) is 0. The first kappa shape index (κ1) is 23.8. The van der Waals surface area contributed by atoms with E-state index in [1.165, 1.54) is 24.3 Å². The molecule has 24 heavy (non-hydrogen) atoms. The molecule has 0 rings (SSSR count). The number of hydrogen-bond donors (Lipinski definition) is 0. The molecule has 0 amide bonds. The average molecular weight is 336 g/mol. The highest BCUT2D eigenvalue weighted by Crippen LogP contribution is 2.22. The van der Waals surface area contributed by atoms with E-state index in [2.05, 4.69) is 20.0 Å². The standard InChI is InChI=1S/C9H14N2O2.C7H10N2O2/c1-9(2,6-11-8-13)4-3-5-10-7-12;10-6-8-4-2-1-3-5-9-7-11/h3-6H2,1-2H3;1-5H2. The summed E-state index contributed by atoms with van der Waals surface area (Å²) in [5.41, 5.74) is -0.0180. The zero-order valence-corrected chi connectivity index (χ0v) is 14.3. The van der Waals surface area contributed by atoms with Crippen LogP contribution in [0.3, 0.4) is 0 Å². The van der Waals surface area contributed by atoms with Crippen molar-refractivity contribution < 1.29 is 19.2 Å². The summed E-state index contributed by atoms with van der Waals surface area (Å²) in [6.45, 7) is 6.04. The van der Waals surface area contributed by atoms with Crippen LogP contribution in [-0.4, -0.2) is 50.5 Å². The Bertz CT molecular complexity index is 488. The molecule has 0 radical (unpaired) electrons. The lowest BCUT2D eigenvalue weighted by molar-refractivity contribution is 0.340. The first-order valence-corrected chi connectivity index (χ1v) is 7.68. The third-order valence-corrected chi connectivity index (χ3v) is 2.93. The molecule has 0 aromatic carbocycles. The Morgan fingerprint density at radius 3 is 1.46 bits per heavy atom. The molecule has 0 aromatic rings. The first-order valence-electron chi connectivity index (χ1n) is 7.68. The molecule has 0 saturated carbocycles. The second kappa shape index (κ2) is 18.6. The highest BCUT2D eigenvalue weighted by Gasteiger charge is 2.16. The number of carbonyl (C=O) groups excluding carboxylic acids is 4. The number of unbranched alkanes of at least 4 members (excludes halogenated alkanes) is 2. The highest BCUT2D eigenvalue weighted by atomic mass is 16.1. The molecule has 0 fully saturated rings. The summed E-state index contributed by atoms with van der Waals surface area (Å²) in [6, 6.07) is 0. The lowest BCUT2D eigenvalue weighted by Crippen LogP contribution is -2.15. The Kier molecular flexibility index (Phi) is 18.4. The third-order valence-electron chi connectivity index (χ3n) is 2.93. The van der Waals surface area contributed by atoms with Gasteiger partial charge in [-0.2, -0.15) is 0 Å². The van der Waals surface area contributed by atoms with E-state index in [1.807, 2.05) is 13.8 Å². The van der Waals surface area contributed by atoms with E-state index in [-0.39, 0.29) is 5.41 Å². The van der Waals surface area contributed by atoms with Crippen molar-refractivity contribution in [3.8, 4) is 0 Å². The molecule has 0 aliphatic carbocycles. The number of isocyanates is 4. The van der Waals surface area contributed by atoms with Crippen LogP contribution in [0.4, 0.5) is 0 Å². The summed E-state index contributed by atoms with van der Waals surface area (Å²) in [6.07, 6.45) is 10.2. The van der Waals surface area contributed by atoms with Gasteiger partial charge in [0.05, 0.1) is 26.2 Å². The lowest BCUT2D eigenvalue weighted by atomic mass is 9.88. The van der Waals surface area contributed by atoms with Crippen molar-refractivity contribution in [1.29, 1.82) is 0 Å². The van der Waals surface area contributed by atoms with E-state index in [9.17, 15) is 19.2 Å². The average Bonchev–Trinajstić information content (AvgIpc) is 2.57. The molecule has 0 spiro atoms. The molecule has 132 valence electrons. The van der Waals surface area contributed by atoms with Crippen molar-refractivity contribution in [2.45, 2.75) is 46.0 Å². The van der Waals surface area contributed by atoms with Crippen molar-refractivity contribution in [2.24, 2.45) is 25.4 Å². The molecule has 8 nitrogen and oxygen atoms in total. The van der Waals surface area contributed by atoms with Crippen LogP contribution in [0.15, 0.2) is 20.0 Å². The van der Waals surface area contributed by atoms with Gasteiger partial charge in [0.15, 0.2) is 0 Å². The van der Waals surface area contributed by atoms with E-state index in [0.717, 1.165) is 32.1 Å². The highest BCUT2D eigenvalue weighted by molar-refractivity contribution is 5.33. The second-order valence-electron chi connectivity index (χ2n) is 5.65. The predicted molar refractivity (Wildman–Crippen MR) is 88.8 cm³/mol. The monoisotopic (exact) mass is 336 g/mol. The van der Waals surface area contributed by atoms with Crippen LogP contribution in [0.25, 0.3) is 0 Å². The molecule has 0 atom stereocenters. The van der Waals surface area contributed by atoms with Gasteiger partial charge in [-0.15, -0.1) is 0 Å². The largest absolute Gasteiger partial charge is 0.234 e. The van der Waals surface area contributed by atoms with E-state index in [0.29, 0.717) is 26.2 Å². The predicted octanol–water partition coefficient (Wildman–Crippen LogP) is 2.29. The quantitative estimate of drug-likeness (QED) is 0.308. The van der Waals surface area contributed by atoms with Crippen molar-refractivity contribution >= 4 is 24.3 Å². The zero-order chi connectivity index (χ0) is 18.5. The minimum atomic E-state index is -0.0180. The summed E-state index contributed by atoms with van der Waals surface area (Å²) in [4.78, 5) is 52.5. The summed E-state index contributed by atoms with van der Waals surface area (Å²) in [5.74, 6) is 0. The minimum absolute atomic E-state index is 0.0180. The van der Waals surface area contributed by atoms with Crippen LogP contribution in [0, 0.1) is 5.41 Å². The van der Waals surface area contributed by atoms with Gasteiger partial charge < -0.3 is 0 Å². The molecule has 0 aliphatic heterocycles. The van der Waals surface area contributed by atoms with E-state index < -0.39 is 0 Å². The molecule has 0 bridgehead atoms. The maximum Gasteiger partial charge on any atom is 0.234 e. The van der Waals surface area contributed by atoms with Gasteiger partial charge in [-0.1, -0.05) is 13.8 Å². The van der Waals surface area contributed by atoms with Crippen LogP contribution < -0.4 is 0 Å². The minimum Gasteiger partial charge on any atom is -0.211 e. The van der Waals surface area contributed by atoms with Gasteiger partial charge in [0.1, 0.15) is 0 Å². The molecular weight excluding hydrogens is 312 g/mol. The number of hydrogen-bond acceptors (Lipinski definition) is 8. The zero-order valence-electron chi connectivity index (χ0n) is 14.3. The van der Waals surface area contributed by atoms with Crippen molar-refractivity contribution in [3.63, 3.8) is 0 Å². The van der Waals surface area contributed by atoms with Crippen LogP contribution in [0.5, 0.6) is 0 Å². The smallest absolute Gasteiger partial charge is 0.211 e. The fourth-order valence-electron chi connectivity index (χ4n) is 1.66. The van der Waals surface area contributed by atoms with E-state index in [4.69, 9.17) is 0 Å². The molecule has 0 aromatic heterocycles. The maximum atomic E-state index is 9.87. The van der Waals surface area contributed by atoms with Gasteiger partial charge in [0.2, 0.25) is 24.3 Å². The topological polar surface area (TPSA) is 118 Å². The Balaban J connectivity index is 0. The molecule has 0 N–H and O–H groups in total. The molecule has 0 heterocycles. The summed E-state index contributed by atoms with van der Waals surface area (Å²) >= 11 is 0. The van der Waals surface area contributed by atoms with Gasteiger partial charge in [0, 0.05) is 0 Å². The fourth-order valence-corrected chi connectivity index (χ4v) is 1.66. The van der Waals surface area contributed by atoms with Gasteiger partial charge in [-0.25, -0.2) is 39.1 Å². The summed E-state index contributed by atoms with van der Waals surface area (Å²) in [5, 5.41) is 0. The Morgan fingerprint density at radius 2 is 1.04 bits per heavy atom. The van der Waals surface area contributed by atoms with Crippen molar-refractivity contribution in [2.75, 3.05) is 26.2 Å². The Hall–Kier alpha value is -2.48. The molecule has 0 unspecified atom stereocenters. The van der Waals surface area contributed by atoms with Gasteiger partial charge in [0.25, 0.3) is 0 Å². The van der Waals surface area contributed by atoms with Crippen molar-refractivity contribution in [3.05, 3.63) is 0 Å². The van der Waals surface area contributed by atoms with Crippen LogP contribution in [-0.2, 0) is 19.2 Å². The molecule has 8 heteroatoms. The van der Waals surface area contributed by atoms with Crippen LogP contribution in [0.2, 0.25) is 0 Å². The Labute approximate surface area is 141 Å². The van der Waals surface area contributed by atoms with Gasteiger partial charge >= 0.3 is 0 Å². The number of aliphatic imine (C=N–C) groups is 4. The Morgan fingerprint density at radius 1 is 0.625 bits per heavy atom. The first-order chi connectivity index (χ1) is 11.5. The van der Waals surface area contributed by atoms with Crippen LogP contribution in [0.1, 0.15) is 46.0 Å². The fraction of sp³-hybridized carbons (Fsp3) is 0.750. The second-order valence-corrected chi connectivity index (χ2v) is 5.65.